The molecule has 1 heterocycles. The van der Waals surface area contributed by atoms with Crippen molar-refractivity contribution in [2.24, 2.45) is 0 Å². The van der Waals surface area contributed by atoms with E-state index in [4.69, 9.17) is 23.7 Å². The van der Waals surface area contributed by atoms with Crippen molar-refractivity contribution in [3.05, 3.63) is 58.1 Å². The van der Waals surface area contributed by atoms with Gasteiger partial charge in [0.2, 0.25) is 10.0 Å². The summed E-state index contributed by atoms with van der Waals surface area (Å²) in [5.74, 6) is -1.74. The monoisotopic (exact) mass is 816 g/mol. The minimum Gasteiger partial charge on any atom is -0.487 e. The second-order valence-corrected chi connectivity index (χ2v) is 20.1. The number of sulfonamides is 1. The van der Waals surface area contributed by atoms with Gasteiger partial charge < -0.3 is 29.0 Å². The molecule has 1 N–H and O–H groups in total. The van der Waals surface area contributed by atoms with Crippen molar-refractivity contribution < 1.29 is 51.3 Å². The van der Waals surface area contributed by atoms with Crippen molar-refractivity contribution in [2.45, 2.75) is 175 Å². The summed E-state index contributed by atoms with van der Waals surface area (Å²) in [6, 6.07) is 6.00. The summed E-state index contributed by atoms with van der Waals surface area (Å²) in [7, 11) is -4.63. The van der Waals surface area contributed by atoms with Gasteiger partial charge >= 0.3 is 24.0 Å². The number of carbonyl (C=O) groups excluding carboxylic acids is 4. The first-order chi connectivity index (χ1) is 26.0. The van der Waals surface area contributed by atoms with Gasteiger partial charge in [-0.3, -0.25) is 9.59 Å². The first-order valence-corrected chi connectivity index (χ1v) is 20.9. The van der Waals surface area contributed by atoms with Gasteiger partial charge in [-0.25, -0.2) is 18.0 Å². The first kappa shape index (κ1) is 47.2. The second kappa shape index (κ2) is 18.2. The fraction of sp³-hybridized carbons (Fsp3) is 0.628. The van der Waals surface area contributed by atoms with Crippen LogP contribution in [0.1, 0.15) is 130 Å². The minimum absolute atomic E-state index is 0.0167. The van der Waals surface area contributed by atoms with Crippen LogP contribution >= 0.6 is 0 Å². The van der Waals surface area contributed by atoms with Gasteiger partial charge in [-0.2, -0.15) is 4.31 Å². The van der Waals surface area contributed by atoms with Gasteiger partial charge in [0.15, 0.2) is 0 Å². The molecule has 3 rings (SSSR count). The molecule has 2 atom stereocenters. The summed E-state index contributed by atoms with van der Waals surface area (Å²) < 4.78 is 60.5. The Hall–Kier alpha value is -4.17. The van der Waals surface area contributed by atoms with Gasteiger partial charge in [-0.05, 0) is 150 Å². The maximum atomic E-state index is 15.4. The maximum absolute atomic E-state index is 15.4. The van der Waals surface area contributed by atoms with Crippen LogP contribution in [0.4, 0.5) is 4.79 Å². The first-order valence-electron chi connectivity index (χ1n) is 19.5. The third-order valence-corrected chi connectivity index (χ3v) is 11.3. The lowest BCUT2D eigenvalue weighted by molar-refractivity contribution is -0.161. The van der Waals surface area contributed by atoms with E-state index in [9.17, 15) is 19.2 Å². The largest absolute Gasteiger partial charge is 0.487 e. The molecule has 2 aromatic carbocycles. The number of hydrogen-bond donors (Lipinski definition) is 1. The lowest BCUT2D eigenvalue weighted by Gasteiger charge is -2.37. The van der Waals surface area contributed by atoms with Crippen LogP contribution in [-0.2, 0) is 56.4 Å². The van der Waals surface area contributed by atoms with Crippen LogP contribution in [0.3, 0.4) is 0 Å². The zero-order valence-electron chi connectivity index (χ0n) is 36.3. The molecule has 2 aromatic rings. The Kier molecular flexibility index (Phi) is 15.1. The molecule has 57 heavy (non-hydrogen) atoms. The molecule has 1 aliphatic rings. The molecule has 0 aliphatic carbocycles. The molecule has 0 spiro atoms. The molecule has 0 aromatic heterocycles. The van der Waals surface area contributed by atoms with E-state index in [-0.39, 0.29) is 30.8 Å². The molecular formula is C43H64N2O11S. The van der Waals surface area contributed by atoms with Crippen LogP contribution in [0.25, 0.3) is 0 Å². The van der Waals surface area contributed by atoms with E-state index in [0.717, 1.165) is 9.87 Å². The number of amides is 1. The molecule has 0 bridgehead atoms. The van der Waals surface area contributed by atoms with Crippen LogP contribution in [0.5, 0.6) is 5.75 Å². The van der Waals surface area contributed by atoms with Crippen LogP contribution in [0.15, 0.2) is 35.2 Å². The van der Waals surface area contributed by atoms with E-state index in [0.29, 0.717) is 40.8 Å². The van der Waals surface area contributed by atoms with Gasteiger partial charge in [0, 0.05) is 13.0 Å². The molecule has 0 saturated carbocycles. The Labute approximate surface area is 339 Å². The molecule has 1 amide bonds. The number of ether oxygens (including phenoxy) is 5. The number of benzene rings is 2. The normalized spacial score (nSPS) is 15.4. The smallest absolute Gasteiger partial charge is 0.408 e. The molecular weight excluding hydrogens is 753 g/mol. The third-order valence-electron chi connectivity index (χ3n) is 9.14. The summed E-state index contributed by atoms with van der Waals surface area (Å²) in [6.07, 6.45) is -0.686. The number of nitrogens with one attached hydrogen (secondary N) is 1. The van der Waals surface area contributed by atoms with Gasteiger partial charge in [-0.1, -0.05) is 30.3 Å². The molecule has 0 fully saturated rings. The molecule has 318 valence electrons. The second-order valence-electron chi connectivity index (χ2n) is 18.2. The quantitative estimate of drug-likeness (QED) is 0.148. The van der Waals surface area contributed by atoms with Gasteiger partial charge in [0.05, 0.1) is 4.90 Å². The summed E-state index contributed by atoms with van der Waals surface area (Å²) in [6.45, 7) is 23.7. The lowest BCUT2D eigenvalue weighted by atomic mass is 9.88. The Bertz CT molecular complexity index is 1890. The number of rotatable bonds is 14. The highest BCUT2D eigenvalue weighted by Gasteiger charge is 2.43. The Morgan fingerprint density at radius 1 is 0.807 bits per heavy atom. The van der Waals surface area contributed by atoms with E-state index in [1.165, 1.54) is 0 Å². The zero-order chi connectivity index (χ0) is 43.3. The number of fused-ring (bicyclic) bond motifs is 1. The van der Waals surface area contributed by atoms with Gasteiger partial charge in [0.25, 0.3) is 0 Å². The maximum Gasteiger partial charge on any atom is 0.408 e. The number of hydrogen-bond acceptors (Lipinski definition) is 11. The van der Waals surface area contributed by atoms with Crippen LogP contribution in [-0.4, -0.2) is 77.8 Å². The van der Waals surface area contributed by atoms with Gasteiger partial charge in [-0.15, -0.1) is 0 Å². The van der Waals surface area contributed by atoms with E-state index in [2.05, 4.69) is 5.32 Å². The van der Waals surface area contributed by atoms with Crippen molar-refractivity contribution in [1.29, 1.82) is 0 Å². The molecule has 13 nitrogen and oxygen atoms in total. The highest BCUT2D eigenvalue weighted by molar-refractivity contribution is 7.89. The van der Waals surface area contributed by atoms with E-state index >= 15 is 8.42 Å². The average Bonchev–Trinajstić information content (AvgIpc) is 3.04. The highest BCUT2D eigenvalue weighted by atomic mass is 32.2. The Morgan fingerprint density at radius 2 is 1.37 bits per heavy atom. The minimum atomic E-state index is -4.63. The Balaban J connectivity index is 2.19. The molecule has 0 saturated heterocycles. The summed E-state index contributed by atoms with van der Waals surface area (Å²) in [4.78, 5) is 54.1. The van der Waals surface area contributed by atoms with Crippen molar-refractivity contribution in [2.75, 3.05) is 6.54 Å². The average molecular weight is 817 g/mol. The predicted molar refractivity (Wildman–Crippen MR) is 216 cm³/mol. The molecule has 14 heteroatoms. The van der Waals surface area contributed by atoms with Crippen LogP contribution in [0, 0.1) is 20.8 Å². The van der Waals surface area contributed by atoms with E-state index in [1.54, 1.807) is 107 Å². The number of alkyl carbamates (subject to hydrolysis) is 1. The summed E-state index contributed by atoms with van der Waals surface area (Å²) >= 11 is 0. The zero-order valence-corrected chi connectivity index (χ0v) is 37.2. The highest BCUT2D eigenvalue weighted by Crippen LogP contribution is 2.43. The molecule has 1 aliphatic heterocycles. The van der Waals surface area contributed by atoms with E-state index < -0.39 is 75.1 Å². The van der Waals surface area contributed by atoms with Crippen molar-refractivity contribution in [1.82, 2.24) is 9.62 Å². The summed E-state index contributed by atoms with van der Waals surface area (Å²) in [5.41, 5.74) is -0.302. The number of carbonyl (C=O) groups is 4. The third kappa shape index (κ3) is 13.7. The number of esters is 3. The fourth-order valence-electron chi connectivity index (χ4n) is 6.48. The van der Waals surface area contributed by atoms with Crippen molar-refractivity contribution in [3.63, 3.8) is 0 Å². The number of nitrogens with zero attached hydrogens (tertiary/aromatic N) is 1. The molecule has 0 radical (unpaired) electrons. The fourth-order valence-corrected chi connectivity index (χ4v) is 8.63. The summed E-state index contributed by atoms with van der Waals surface area (Å²) in [5, 5.41) is 2.56. The van der Waals surface area contributed by atoms with Gasteiger partial charge in [0.1, 0.15) is 46.8 Å². The van der Waals surface area contributed by atoms with Crippen molar-refractivity contribution in [3.8, 4) is 5.75 Å². The van der Waals surface area contributed by atoms with Crippen LogP contribution < -0.4 is 10.1 Å². The Morgan fingerprint density at radius 3 is 1.93 bits per heavy atom. The van der Waals surface area contributed by atoms with E-state index in [1.807, 2.05) is 19.9 Å². The van der Waals surface area contributed by atoms with Crippen molar-refractivity contribution >= 4 is 34.0 Å². The predicted octanol–water partition coefficient (Wildman–Crippen LogP) is 7.57. The lowest BCUT2D eigenvalue weighted by Crippen LogP contribution is -2.51. The molecule has 2 unspecified atom stereocenters. The SMILES string of the molecule is Cc1c(C)c(S(=O)(=O)N(CCC(NC(=O)OCc2ccccc2)C(=O)OC(C)(C)C)C(CCC(=O)OC(C)(C)C)C(=O)OC(C)(C)C)c(C)c2c1OC(C)(C)CC2. The topological polar surface area (TPSA) is 164 Å². The standard InChI is InChI=1S/C43H64N2O11S/c1-27-28(2)36(29(3)31-22-24-43(13,14)54-35(27)31)57(50,51)45(33(38(48)56-42(10,11)12)20-21-34(46)53-40(4,5)6)25-23-32(37(47)55-41(7,8)9)44-39(49)52-26-30-18-16-15-17-19-30/h15-19,32-33H,20-26H2,1-14H3,(H,44,49). The van der Waals surface area contributed by atoms with Crippen LogP contribution in [0.2, 0.25) is 0 Å².